The second kappa shape index (κ2) is 5.53. The van der Waals surface area contributed by atoms with Gasteiger partial charge in [-0.15, -0.1) is 0 Å². The molecule has 76 valence electrons. The molecular weight excluding hydrogens is 201 g/mol. The van der Waals surface area contributed by atoms with Crippen molar-refractivity contribution in [2.75, 3.05) is 0 Å². The summed E-state index contributed by atoms with van der Waals surface area (Å²) in [6.07, 6.45) is 0. The van der Waals surface area contributed by atoms with Gasteiger partial charge in [0.1, 0.15) is 11.9 Å². The Morgan fingerprint density at radius 3 is 2.36 bits per heavy atom. The van der Waals surface area contributed by atoms with Crippen LogP contribution < -0.4 is 0 Å². The fourth-order valence-corrected chi connectivity index (χ4v) is 0.708. The molecule has 0 saturated heterocycles. The smallest absolute Gasteiger partial charge is 0.269 e. The summed E-state index contributed by atoms with van der Waals surface area (Å²) in [5, 5.41) is 18.4. The molecule has 0 heterocycles. The van der Waals surface area contributed by atoms with Crippen molar-refractivity contribution in [3.63, 3.8) is 0 Å². The van der Waals surface area contributed by atoms with Gasteiger partial charge in [0.05, 0.1) is 16.6 Å². The molecule has 0 unspecified atom stereocenters. The first kappa shape index (κ1) is 14.4. The van der Waals surface area contributed by atoms with Crippen LogP contribution in [0.5, 0.6) is 0 Å². The van der Waals surface area contributed by atoms with Crippen LogP contribution in [0.2, 0.25) is 0 Å². The van der Waals surface area contributed by atoms with E-state index in [-0.39, 0.29) is 20.7 Å². The van der Waals surface area contributed by atoms with E-state index >= 15 is 0 Å². The topological polar surface area (TPSA) is 66.9 Å². The maximum atomic E-state index is 12.7. The summed E-state index contributed by atoms with van der Waals surface area (Å²) in [4.78, 5) is 9.39. The molecule has 0 aromatic heterocycles. The van der Waals surface area contributed by atoms with E-state index in [1.807, 2.05) is 0 Å². The van der Waals surface area contributed by atoms with E-state index in [2.05, 4.69) is 0 Å². The Morgan fingerprint density at radius 1 is 1.43 bits per heavy atom. The first-order valence-corrected chi connectivity index (χ1v) is 2.99. The molecule has 1 aromatic rings. The molecule has 0 radical (unpaired) electrons. The molecule has 0 aliphatic rings. The summed E-state index contributed by atoms with van der Waals surface area (Å²) >= 11 is 0. The predicted molar refractivity (Wildman–Crippen MR) is 42.8 cm³/mol. The average Bonchev–Trinajstić information content (AvgIpc) is 2.04. The molecule has 1 rings (SSSR count). The van der Waals surface area contributed by atoms with Crippen LogP contribution in [-0.4, -0.2) is 4.92 Å². The van der Waals surface area contributed by atoms with Gasteiger partial charge < -0.3 is 0 Å². The van der Waals surface area contributed by atoms with Gasteiger partial charge in [-0.3, -0.25) is 19.5 Å². The highest BCUT2D eigenvalue weighted by molar-refractivity contribution is 5.39. The summed E-state index contributed by atoms with van der Waals surface area (Å²) in [5.74, 6) is -0.869. The van der Waals surface area contributed by atoms with E-state index in [0.717, 1.165) is 18.2 Å². The zero-order chi connectivity index (χ0) is 9.14. The molecule has 0 spiro atoms. The van der Waals surface area contributed by atoms with E-state index in [0.29, 0.717) is 0 Å². The quantitative estimate of drug-likeness (QED) is 0.520. The second-order valence-electron chi connectivity index (χ2n) is 2.03. The van der Waals surface area contributed by atoms with Crippen molar-refractivity contribution in [2.45, 2.75) is 0 Å². The summed E-state index contributed by atoms with van der Waals surface area (Å²) in [7, 11) is 0. The maximum absolute atomic E-state index is 12.7. The zero-order valence-corrected chi connectivity index (χ0v) is 6.64. The first-order chi connectivity index (χ1) is 5.65. The van der Waals surface area contributed by atoms with Crippen LogP contribution in [0.3, 0.4) is 0 Å². The highest BCUT2D eigenvalue weighted by Gasteiger charge is 2.09. The molecule has 0 saturated carbocycles. The van der Waals surface area contributed by atoms with Crippen LogP contribution in [0.4, 0.5) is 19.5 Å². The lowest BCUT2D eigenvalue weighted by Crippen LogP contribution is -1.90. The number of hydrogen-bond acceptors (Lipinski definition) is 3. The number of nitro benzene ring substituents is 1. The monoisotopic (exact) mass is 206 g/mol. The normalized spacial score (nSPS) is 7.71. The highest BCUT2D eigenvalue weighted by Crippen LogP contribution is 2.15. The van der Waals surface area contributed by atoms with Crippen molar-refractivity contribution >= 4 is 5.69 Å². The largest absolute Gasteiger partial charge is 0.272 e. The van der Waals surface area contributed by atoms with E-state index in [1.165, 1.54) is 0 Å². The average molecular weight is 206 g/mol. The molecule has 0 aliphatic heterocycles. The minimum Gasteiger partial charge on any atom is -0.269 e. The molecule has 0 aliphatic carbocycles. The van der Waals surface area contributed by atoms with Gasteiger partial charge in [-0.05, 0) is 6.07 Å². The van der Waals surface area contributed by atoms with Crippen LogP contribution in [0.15, 0.2) is 18.2 Å². The SMILES string of the molecule is F.F.N#Cc1ccc([N+](=O)[O-])cc1F. The molecule has 0 fully saturated rings. The Bertz CT molecular complexity index is 376. The molecule has 0 amide bonds. The summed E-state index contributed by atoms with van der Waals surface area (Å²) in [5.41, 5.74) is -0.549. The zero-order valence-electron chi connectivity index (χ0n) is 6.64. The Balaban J connectivity index is 0. The van der Waals surface area contributed by atoms with Crippen molar-refractivity contribution in [2.24, 2.45) is 0 Å². The third kappa shape index (κ3) is 2.75. The van der Waals surface area contributed by atoms with Crippen LogP contribution in [0.1, 0.15) is 5.56 Å². The lowest BCUT2D eigenvalue weighted by molar-refractivity contribution is -0.385. The Hall–Kier alpha value is -2.10. The van der Waals surface area contributed by atoms with Gasteiger partial charge >= 0.3 is 0 Å². The van der Waals surface area contributed by atoms with Crippen LogP contribution in [0, 0.1) is 27.3 Å². The van der Waals surface area contributed by atoms with Gasteiger partial charge in [0, 0.05) is 6.07 Å². The Morgan fingerprint density at radius 2 is 2.00 bits per heavy atom. The van der Waals surface area contributed by atoms with Gasteiger partial charge in [-0.1, -0.05) is 0 Å². The minimum absolute atomic E-state index is 0. The lowest BCUT2D eigenvalue weighted by Gasteiger charge is -1.92. The first-order valence-electron chi connectivity index (χ1n) is 2.99. The number of benzene rings is 1. The van der Waals surface area contributed by atoms with E-state index in [1.54, 1.807) is 6.07 Å². The fourth-order valence-electron chi connectivity index (χ4n) is 0.708. The lowest BCUT2D eigenvalue weighted by atomic mass is 10.2. The van der Waals surface area contributed by atoms with E-state index < -0.39 is 10.7 Å². The number of hydrogen-bond donors (Lipinski definition) is 0. The van der Waals surface area contributed by atoms with Gasteiger partial charge in [0.25, 0.3) is 5.69 Å². The number of nitriles is 1. The predicted octanol–water partition coefficient (Wildman–Crippen LogP) is 1.91. The third-order valence-electron chi connectivity index (χ3n) is 1.28. The van der Waals surface area contributed by atoms with Crippen molar-refractivity contribution in [3.8, 4) is 6.07 Å². The van der Waals surface area contributed by atoms with Crippen molar-refractivity contribution in [1.29, 1.82) is 5.26 Å². The molecule has 4 nitrogen and oxygen atoms in total. The highest BCUT2D eigenvalue weighted by atomic mass is 19.1. The fraction of sp³-hybridized carbons (Fsp3) is 0. The van der Waals surface area contributed by atoms with Gasteiger partial charge in [0.15, 0.2) is 0 Å². The number of non-ortho nitro benzene ring substituents is 1. The number of nitro groups is 1. The number of halogens is 3. The number of rotatable bonds is 1. The second-order valence-corrected chi connectivity index (χ2v) is 2.03. The summed E-state index contributed by atoms with van der Waals surface area (Å²) < 4.78 is 12.7. The standard InChI is InChI=1S/C7H3FN2O2.2FH/c8-7-3-6(10(11)12)2-1-5(7)4-9;;/h1-3H;2*1H. The summed E-state index contributed by atoms with van der Waals surface area (Å²) in [6.45, 7) is 0. The molecule has 14 heavy (non-hydrogen) atoms. The van der Waals surface area contributed by atoms with Crippen molar-refractivity contribution in [1.82, 2.24) is 0 Å². The minimum atomic E-state index is -0.869. The molecule has 7 heteroatoms. The Kier molecular flexibility index (Phi) is 5.70. The van der Waals surface area contributed by atoms with E-state index in [9.17, 15) is 14.5 Å². The maximum Gasteiger partial charge on any atom is 0.272 e. The third-order valence-corrected chi connectivity index (χ3v) is 1.28. The van der Waals surface area contributed by atoms with Gasteiger partial charge in [-0.25, -0.2) is 4.39 Å². The van der Waals surface area contributed by atoms with Gasteiger partial charge in [-0.2, -0.15) is 5.26 Å². The van der Waals surface area contributed by atoms with Gasteiger partial charge in [0.2, 0.25) is 0 Å². The molecule has 0 N–H and O–H groups in total. The van der Waals surface area contributed by atoms with Crippen molar-refractivity contribution in [3.05, 3.63) is 39.7 Å². The summed E-state index contributed by atoms with van der Waals surface area (Å²) in [6, 6.07) is 4.45. The Labute approximate surface area is 76.5 Å². The number of nitrogens with zero attached hydrogens (tertiary/aromatic N) is 2. The molecular formula is C7H5F3N2O2. The van der Waals surface area contributed by atoms with Crippen LogP contribution >= 0.6 is 0 Å². The molecule has 0 atom stereocenters. The molecule has 1 aromatic carbocycles. The van der Waals surface area contributed by atoms with E-state index in [4.69, 9.17) is 5.26 Å². The van der Waals surface area contributed by atoms with Crippen LogP contribution in [0.25, 0.3) is 0 Å². The van der Waals surface area contributed by atoms with Crippen molar-refractivity contribution < 1.29 is 18.7 Å². The molecule has 0 bridgehead atoms. The van der Waals surface area contributed by atoms with Crippen LogP contribution in [-0.2, 0) is 0 Å².